The number of aliphatic hydroxyl groups excluding tert-OH is 2. The molecule has 5 atom stereocenters. The Bertz CT molecular complexity index is 978. The molecule has 2 aliphatic carbocycles. The zero-order chi connectivity index (χ0) is 27.5. The minimum atomic E-state index is -0.538. The highest BCUT2D eigenvalue weighted by Gasteiger charge is 2.45. The number of esters is 1. The van der Waals surface area contributed by atoms with Crippen molar-refractivity contribution in [2.75, 3.05) is 39.5 Å². The van der Waals surface area contributed by atoms with Crippen molar-refractivity contribution in [2.45, 2.75) is 75.4 Å². The number of hydrogen-bond acceptors (Lipinski definition) is 8. The van der Waals surface area contributed by atoms with Gasteiger partial charge in [-0.25, -0.2) is 0 Å². The lowest BCUT2D eigenvalue weighted by atomic mass is 9.63. The number of allylic oxidation sites excluding steroid dienone is 2. The second-order valence-corrected chi connectivity index (χ2v) is 12.2. The first-order chi connectivity index (χ1) is 19.0. The Morgan fingerprint density at radius 3 is 2.82 bits per heavy atom. The van der Waals surface area contributed by atoms with Gasteiger partial charge in [0.25, 0.3) is 0 Å². The molecule has 7 nitrogen and oxygen atoms in total. The van der Waals surface area contributed by atoms with Crippen LogP contribution in [0.15, 0.2) is 41.8 Å². The molecule has 0 amide bonds. The van der Waals surface area contributed by atoms with E-state index in [4.69, 9.17) is 9.47 Å². The van der Waals surface area contributed by atoms with Crippen molar-refractivity contribution in [3.63, 3.8) is 0 Å². The number of aliphatic hydroxyl groups is 2. The van der Waals surface area contributed by atoms with E-state index in [1.54, 1.807) is 11.3 Å². The zero-order valence-corrected chi connectivity index (χ0v) is 23.8. The Hall–Kier alpha value is -2.02. The fourth-order valence-electron chi connectivity index (χ4n) is 6.26. The van der Waals surface area contributed by atoms with Gasteiger partial charge in [-0.15, -0.1) is 11.3 Å². The molecular formula is C31H44N2O5S. The van der Waals surface area contributed by atoms with E-state index in [0.29, 0.717) is 25.9 Å². The van der Waals surface area contributed by atoms with E-state index in [-0.39, 0.29) is 29.1 Å². The Morgan fingerprint density at radius 1 is 1.31 bits per heavy atom. The maximum Gasteiger partial charge on any atom is 0.305 e. The summed E-state index contributed by atoms with van der Waals surface area (Å²) in [7, 11) is 0. The molecule has 1 aliphatic heterocycles. The molecule has 0 aromatic carbocycles. The van der Waals surface area contributed by atoms with Gasteiger partial charge in [0, 0.05) is 42.3 Å². The van der Waals surface area contributed by atoms with Gasteiger partial charge in [0.05, 0.1) is 37.4 Å². The predicted octanol–water partition coefficient (Wildman–Crippen LogP) is 4.61. The maximum absolute atomic E-state index is 12.0. The van der Waals surface area contributed by atoms with Crippen LogP contribution in [0.5, 0.6) is 0 Å². The average Bonchev–Trinajstić information content (AvgIpc) is 3.55. The first kappa shape index (κ1) is 30.0. The average molecular weight is 557 g/mol. The van der Waals surface area contributed by atoms with Crippen LogP contribution in [0.2, 0.25) is 0 Å². The lowest BCUT2D eigenvalue weighted by Crippen LogP contribution is -2.44. The molecule has 1 aromatic rings. The van der Waals surface area contributed by atoms with E-state index >= 15 is 0 Å². The van der Waals surface area contributed by atoms with E-state index in [1.165, 1.54) is 4.88 Å². The van der Waals surface area contributed by atoms with Gasteiger partial charge in [-0.2, -0.15) is 5.26 Å². The fraction of sp³-hybridized carbons (Fsp3) is 0.677. The molecule has 2 heterocycles. The predicted molar refractivity (Wildman–Crippen MR) is 152 cm³/mol. The van der Waals surface area contributed by atoms with Gasteiger partial charge in [-0.05, 0) is 62.3 Å². The third kappa shape index (κ3) is 8.02. The number of unbranched alkanes of at least 4 members (excludes halogenated alkanes) is 1. The summed E-state index contributed by atoms with van der Waals surface area (Å²) < 4.78 is 10.7. The summed E-state index contributed by atoms with van der Waals surface area (Å²) >= 11 is 1.72. The molecule has 1 unspecified atom stereocenters. The van der Waals surface area contributed by atoms with Gasteiger partial charge in [0.15, 0.2) is 0 Å². The molecule has 3 aliphatic rings. The lowest BCUT2D eigenvalue weighted by molar-refractivity contribution is -0.144. The van der Waals surface area contributed by atoms with Gasteiger partial charge in [0.2, 0.25) is 0 Å². The van der Waals surface area contributed by atoms with E-state index in [0.717, 1.165) is 71.4 Å². The molecule has 2 saturated carbocycles. The van der Waals surface area contributed by atoms with Gasteiger partial charge in [0.1, 0.15) is 6.61 Å². The van der Waals surface area contributed by atoms with E-state index in [1.807, 2.05) is 12.2 Å². The third-order valence-electron chi connectivity index (χ3n) is 8.83. The quantitative estimate of drug-likeness (QED) is 0.196. The number of hydrogen-bond donors (Lipinski definition) is 2. The highest BCUT2D eigenvalue weighted by Crippen LogP contribution is 2.49. The van der Waals surface area contributed by atoms with Crippen LogP contribution in [-0.2, 0) is 19.7 Å². The molecule has 1 aromatic heterocycles. The largest absolute Gasteiger partial charge is 0.464 e. The van der Waals surface area contributed by atoms with Gasteiger partial charge in [-0.1, -0.05) is 36.8 Å². The Kier molecular flexibility index (Phi) is 11.6. The Balaban J connectivity index is 1.18. The molecule has 8 heteroatoms. The second kappa shape index (κ2) is 15.1. The molecule has 0 spiro atoms. The number of carbonyl (C=O) groups excluding carboxylic acids is 1. The number of thiophene rings is 1. The molecule has 3 fully saturated rings. The van der Waals surface area contributed by atoms with Gasteiger partial charge >= 0.3 is 5.97 Å². The summed E-state index contributed by atoms with van der Waals surface area (Å²) in [6.07, 6.45) is 14.1. The third-order valence-corrected chi connectivity index (χ3v) is 9.92. The first-order valence-electron chi connectivity index (χ1n) is 14.6. The van der Waals surface area contributed by atoms with Crippen LogP contribution in [-0.4, -0.2) is 72.7 Å². The van der Waals surface area contributed by atoms with Gasteiger partial charge in [-0.3, -0.25) is 9.69 Å². The molecule has 4 rings (SSSR count). The van der Waals surface area contributed by atoms with Crippen molar-refractivity contribution in [2.24, 2.45) is 17.8 Å². The first-order valence-corrected chi connectivity index (χ1v) is 15.5. The van der Waals surface area contributed by atoms with Crippen LogP contribution in [0.4, 0.5) is 0 Å². The van der Waals surface area contributed by atoms with Crippen LogP contribution < -0.4 is 0 Å². The summed E-state index contributed by atoms with van der Waals surface area (Å²) in [6, 6.07) is 6.58. The number of rotatable bonds is 14. The molecule has 1 saturated heterocycles. The number of ether oxygens (including phenoxy) is 2. The number of nitriles is 1. The van der Waals surface area contributed by atoms with E-state index < -0.39 is 12.2 Å². The van der Waals surface area contributed by atoms with Crippen molar-refractivity contribution in [3.05, 3.63) is 46.7 Å². The van der Waals surface area contributed by atoms with Crippen molar-refractivity contribution >= 4 is 17.3 Å². The van der Waals surface area contributed by atoms with Crippen LogP contribution in [0.25, 0.3) is 0 Å². The number of carbonyl (C=O) groups is 1. The van der Waals surface area contributed by atoms with Crippen LogP contribution in [0.3, 0.4) is 0 Å². The Morgan fingerprint density at radius 2 is 2.13 bits per heavy atom. The topological polar surface area (TPSA) is 103 Å². The highest BCUT2D eigenvalue weighted by atomic mass is 32.1. The normalized spacial score (nSPS) is 27.9. The summed E-state index contributed by atoms with van der Waals surface area (Å²) in [5, 5.41) is 33.5. The summed E-state index contributed by atoms with van der Waals surface area (Å²) in [6.45, 7) is 4.45. The summed E-state index contributed by atoms with van der Waals surface area (Å²) in [5.74, 6) is -0.383. The number of nitrogens with zero attached hydrogens (tertiary/aromatic N) is 2. The molecule has 2 N–H and O–H groups in total. The summed E-state index contributed by atoms with van der Waals surface area (Å²) in [4.78, 5) is 15.5. The van der Waals surface area contributed by atoms with Crippen LogP contribution in [0, 0.1) is 29.1 Å². The van der Waals surface area contributed by atoms with Crippen molar-refractivity contribution in [1.29, 1.82) is 5.26 Å². The minimum Gasteiger partial charge on any atom is -0.464 e. The maximum atomic E-state index is 12.0. The van der Waals surface area contributed by atoms with Crippen LogP contribution >= 0.6 is 11.3 Å². The summed E-state index contributed by atoms with van der Waals surface area (Å²) in [5.41, 5.74) is -0.126. The molecule has 39 heavy (non-hydrogen) atoms. The van der Waals surface area contributed by atoms with Crippen molar-refractivity contribution < 1.29 is 24.5 Å². The van der Waals surface area contributed by atoms with E-state index in [9.17, 15) is 20.3 Å². The molecule has 0 radical (unpaired) electrons. The number of morpholine rings is 1. The van der Waals surface area contributed by atoms with Crippen molar-refractivity contribution in [3.8, 4) is 6.07 Å². The highest BCUT2D eigenvalue weighted by molar-refractivity contribution is 7.10. The SMILES string of the molecule is N#C[C@@H]1C[C@@H](O)[C@H](/C=C/CC(O)C2(c3cccs3)CCC2)[C@H]1C/C=C\CCCC(=O)OCCN1CCOCC1. The molecular weight excluding hydrogens is 512 g/mol. The van der Waals surface area contributed by atoms with Gasteiger partial charge < -0.3 is 19.7 Å². The minimum absolute atomic E-state index is 0.0507. The smallest absolute Gasteiger partial charge is 0.305 e. The lowest BCUT2D eigenvalue weighted by Gasteiger charge is -2.45. The zero-order valence-electron chi connectivity index (χ0n) is 23.0. The fourth-order valence-corrected chi connectivity index (χ4v) is 7.30. The molecule has 0 bridgehead atoms. The molecule has 214 valence electrons. The second-order valence-electron chi connectivity index (χ2n) is 11.2. The monoisotopic (exact) mass is 556 g/mol. The Labute approximate surface area is 237 Å². The van der Waals surface area contributed by atoms with E-state index in [2.05, 4.69) is 40.6 Å². The standard InChI is InChI=1S/C31H44N2O5S/c32-23-24-22-27(34)26(9-5-10-28(35)31(13-7-14-31)29-11-6-21-39-29)25(24)8-3-1-2-4-12-30(36)38-20-17-33-15-18-37-19-16-33/h1,3,5-6,9,11,21,24-28,34-35H,2,4,7-8,10,12-20,22H2/b3-1-,9-5+/t24-,25-,26+,27+,28?/m0/s1. The van der Waals surface area contributed by atoms with Crippen LogP contribution in [0.1, 0.15) is 62.7 Å². The van der Waals surface area contributed by atoms with Crippen molar-refractivity contribution in [1.82, 2.24) is 4.90 Å².